The van der Waals surface area contributed by atoms with Crippen LogP contribution in [0.3, 0.4) is 0 Å². The van der Waals surface area contributed by atoms with Gasteiger partial charge in [-0.05, 0) is 12.1 Å². The van der Waals surface area contributed by atoms with Gasteiger partial charge in [0, 0.05) is 11.6 Å². The van der Waals surface area contributed by atoms with Gasteiger partial charge >= 0.3 is 0 Å². The summed E-state index contributed by atoms with van der Waals surface area (Å²) >= 11 is 0. The van der Waals surface area contributed by atoms with E-state index in [9.17, 15) is 8.78 Å². The number of hydrogen-bond donors (Lipinski definition) is 1. The maximum atomic E-state index is 13.3. The molecule has 0 aliphatic rings. The number of benzene rings is 1. The Hall–Kier alpha value is -2.04. The van der Waals surface area contributed by atoms with Gasteiger partial charge in [-0.15, -0.1) is 5.10 Å². The molecule has 0 radical (unpaired) electrons. The first-order chi connectivity index (χ1) is 7.18. The van der Waals surface area contributed by atoms with Crippen molar-refractivity contribution in [1.82, 2.24) is 10.2 Å². The quantitative estimate of drug-likeness (QED) is 0.780. The fourth-order valence-corrected chi connectivity index (χ4v) is 1.27. The smallest absolute Gasteiger partial charge is 0.231 e. The average Bonchev–Trinajstić information content (AvgIpc) is 2.17. The predicted octanol–water partition coefficient (Wildman–Crippen LogP) is 2.13. The van der Waals surface area contributed by atoms with E-state index in [2.05, 4.69) is 10.2 Å². The molecule has 15 heavy (non-hydrogen) atoms. The number of hydrogen-bond acceptors (Lipinski definition) is 3. The summed E-state index contributed by atoms with van der Waals surface area (Å²) in [6, 6.07) is 4.68. The molecule has 0 bridgehead atoms. The maximum Gasteiger partial charge on any atom is 0.231 e. The van der Waals surface area contributed by atoms with Crippen molar-refractivity contribution in [2.75, 3.05) is 0 Å². The van der Waals surface area contributed by atoms with Crippen LogP contribution in [0.25, 0.3) is 11.1 Å². The molecular weight excluding hydrogens is 202 g/mol. The van der Waals surface area contributed by atoms with Crippen molar-refractivity contribution < 1.29 is 13.9 Å². The zero-order valence-electron chi connectivity index (χ0n) is 7.48. The van der Waals surface area contributed by atoms with Gasteiger partial charge in [0.05, 0.1) is 11.8 Å². The second kappa shape index (κ2) is 3.61. The molecule has 0 aliphatic carbocycles. The van der Waals surface area contributed by atoms with Crippen LogP contribution in [0, 0.1) is 11.6 Å². The zero-order chi connectivity index (χ0) is 10.8. The lowest BCUT2D eigenvalue weighted by Crippen LogP contribution is -1.91. The van der Waals surface area contributed by atoms with Crippen molar-refractivity contribution in [3.63, 3.8) is 0 Å². The lowest BCUT2D eigenvalue weighted by Gasteiger charge is -2.03. The first-order valence-electron chi connectivity index (χ1n) is 4.14. The summed E-state index contributed by atoms with van der Waals surface area (Å²) in [7, 11) is 0. The minimum Gasteiger partial charge on any atom is -0.492 e. The largest absolute Gasteiger partial charge is 0.492 e. The summed E-state index contributed by atoms with van der Waals surface area (Å²) in [4.78, 5) is 0. The van der Waals surface area contributed by atoms with Gasteiger partial charge in [0.15, 0.2) is 0 Å². The van der Waals surface area contributed by atoms with Gasteiger partial charge in [-0.3, -0.25) is 0 Å². The van der Waals surface area contributed by atoms with Crippen molar-refractivity contribution in [3.05, 3.63) is 42.1 Å². The van der Waals surface area contributed by atoms with E-state index >= 15 is 0 Å². The van der Waals surface area contributed by atoms with Crippen LogP contribution in [-0.2, 0) is 0 Å². The predicted molar refractivity (Wildman–Crippen MR) is 49.0 cm³/mol. The van der Waals surface area contributed by atoms with Crippen LogP contribution < -0.4 is 0 Å². The van der Waals surface area contributed by atoms with E-state index in [4.69, 9.17) is 5.11 Å². The second-order valence-corrected chi connectivity index (χ2v) is 2.90. The van der Waals surface area contributed by atoms with Crippen molar-refractivity contribution in [1.29, 1.82) is 0 Å². The normalized spacial score (nSPS) is 10.3. The summed E-state index contributed by atoms with van der Waals surface area (Å²) in [5.41, 5.74) is -0.0687. The Morgan fingerprint density at radius 2 is 1.80 bits per heavy atom. The Morgan fingerprint density at radius 3 is 2.40 bits per heavy atom. The molecule has 2 rings (SSSR count). The molecule has 0 unspecified atom stereocenters. The van der Waals surface area contributed by atoms with Crippen LogP contribution in [0.5, 0.6) is 5.88 Å². The standard InChI is InChI=1S/C10H6F2N2O/c11-7-2-1-3-8(12)10(7)6-4-9(15)14-13-5-6/h1-5H,(H,14,15). The molecule has 0 amide bonds. The highest BCUT2D eigenvalue weighted by Gasteiger charge is 2.11. The third-order valence-corrected chi connectivity index (χ3v) is 1.89. The SMILES string of the molecule is Oc1cc(-c2c(F)cccc2F)cnn1. The molecule has 3 nitrogen and oxygen atoms in total. The number of aromatic nitrogens is 2. The van der Waals surface area contributed by atoms with Crippen LogP contribution in [-0.4, -0.2) is 15.3 Å². The van der Waals surface area contributed by atoms with Crippen LogP contribution in [0.1, 0.15) is 0 Å². The van der Waals surface area contributed by atoms with Gasteiger partial charge in [-0.25, -0.2) is 8.78 Å². The number of halogens is 2. The van der Waals surface area contributed by atoms with Gasteiger partial charge in [-0.1, -0.05) is 6.07 Å². The Balaban J connectivity index is 2.63. The fourth-order valence-electron chi connectivity index (χ4n) is 1.27. The molecule has 0 fully saturated rings. The van der Waals surface area contributed by atoms with E-state index in [0.29, 0.717) is 0 Å². The lowest BCUT2D eigenvalue weighted by atomic mass is 10.1. The highest BCUT2D eigenvalue weighted by molar-refractivity contribution is 5.64. The summed E-state index contributed by atoms with van der Waals surface area (Å²) in [5, 5.41) is 15.7. The highest BCUT2D eigenvalue weighted by atomic mass is 19.1. The van der Waals surface area contributed by atoms with Crippen LogP contribution in [0.4, 0.5) is 8.78 Å². The molecule has 2 aromatic rings. The third-order valence-electron chi connectivity index (χ3n) is 1.89. The summed E-state index contributed by atoms with van der Waals surface area (Å²) in [6.45, 7) is 0. The van der Waals surface area contributed by atoms with E-state index in [1.807, 2.05) is 0 Å². The van der Waals surface area contributed by atoms with Gasteiger partial charge < -0.3 is 5.11 Å². The molecule has 1 aromatic carbocycles. The summed E-state index contributed by atoms with van der Waals surface area (Å²) in [5.74, 6) is -1.79. The van der Waals surface area contributed by atoms with E-state index in [-0.39, 0.29) is 17.0 Å². The molecule has 1 N–H and O–H groups in total. The molecular formula is C10H6F2N2O. The zero-order valence-corrected chi connectivity index (χ0v) is 7.48. The molecule has 0 saturated heterocycles. The second-order valence-electron chi connectivity index (χ2n) is 2.90. The molecule has 1 heterocycles. The van der Waals surface area contributed by atoms with Crippen molar-refractivity contribution >= 4 is 0 Å². The van der Waals surface area contributed by atoms with Gasteiger partial charge in [0.25, 0.3) is 0 Å². The van der Waals surface area contributed by atoms with E-state index < -0.39 is 11.6 Å². The van der Waals surface area contributed by atoms with Gasteiger partial charge in [-0.2, -0.15) is 5.10 Å². The molecule has 5 heteroatoms. The molecule has 76 valence electrons. The Labute approximate surface area is 84.0 Å². The minimum atomic E-state index is -0.706. The Morgan fingerprint density at radius 1 is 1.13 bits per heavy atom. The van der Waals surface area contributed by atoms with Gasteiger partial charge in [0.1, 0.15) is 11.6 Å². The van der Waals surface area contributed by atoms with Crippen LogP contribution in [0.2, 0.25) is 0 Å². The molecule has 0 spiro atoms. The van der Waals surface area contributed by atoms with Crippen molar-refractivity contribution in [3.8, 4) is 17.0 Å². The maximum absolute atomic E-state index is 13.3. The summed E-state index contributed by atoms with van der Waals surface area (Å²) < 4.78 is 26.6. The first kappa shape index (κ1) is 9.51. The van der Waals surface area contributed by atoms with E-state index in [1.54, 1.807) is 0 Å². The fraction of sp³-hybridized carbons (Fsp3) is 0. The van der Waals surface area contributed by atoms with Crippen LogP contribution >= 0.6 is 0 Å². The monoisotopic (exact) mass is 208 g/mol. The first-order valence-corrected chi connectivity index (χ1v) is 4.14. The highest BCUT2D eigenvalue weighted by Crippen LogP contribution is 2.26. The molecule has 0 saturated carbocycles. The molecule has 1 aromatic heterocycles. The van der Waals surface area contributed by atoms with E-state index in [0.717, 1.165) is 18.2 Å². The molecule has 0 aliphatic heterocycles. The average molecular weight is 208 g/mol. The minimum absolute atomic E-state index is 0.151. The third kappa shape index (κ3) is 1.76. The number of nitrogens with zero attached hydrogens (tertiary/aromatic N) is 2. The van der Waals surface area contributed by atoms with Crippen molar-refractivity contribution in [2.45, 2.75) is 0 Å². The van der Waals surface area contributed by atoms with Gasteiger partial charge in [0.2, 0.25) is 5.88 Å². The topological polar surface area (TPSA) is 46.0 Å². The van der Waals surface area contributed by atoms with Crippen LogP contribution in [0.15, 0.2) is 30.5 Å². The Bertz CT molecular complexity index is 482. The summed E-state index contributed by atoms with van der Waals surface area (Å²) in [6.07, 6.45) is 1.18. The van der Waals surface area contributed by atoms with Crippen molar-refractivity contribution in [2.24, 2.45) is 0 Å². The number of aromatic hydroxyl groups is 1. The lowest BCUT2D eigenvalue weighted by molar-refractivity contribution is 0.445. The number of rotatable bonds is 1. The molecule has 0 atom stereocenters. The van der Waals surface area contributed by atoms with E-state index in [1.165, 1.54) is 12.3 Å². The Kier molecular flexibility index (Phi) is 2.29.